The third kappa shape index (κ3) is 2.71. The van der Waals surface area contributed by atoms with Gasteiger partial charge in [-0.3, -0.25) is 0 Å². The van der Waals surface area contributed by atoms with E-state index >= 15 is 0 Å². The zero-order valence-electron chi connectivity index (χ0n) is 9.25. The number of hydrogen-bond acceptors (Lipinski definition) is 2. The Morgan fingerprint density at radius 3 is 1.93 bits per heavy atom. The van der Waals surface area contributed by atoms with Crippen molar-refractivity contribution in [2.75, 3.05) is 13.1 Å². The lowest BCUT2D eigenvalue weighted by atomic mass is 9.90. The average molecular weight is 196 g/mol. The lowest BCUT2D eigenvalue weighted by Gasteiger charge is -2.35. The van der Waals surface area contributed by atoms with Gasteiger partial charge >= 0.3 is 0 Å². The van der Waals surface area contributed by atoms with Crippen LogP contribution in [0.1, 0.15) is 51.4 Å². The first-order valence-electron chi connectivity index (χ1n) is 6.36. The van der Waals surface area contributed by atoms with Crippen molar-refractivity contribution in [2.24, 2.45) is 5.73 Å². The average Bonchev–Trinajstić information content (AvgIpc) is 2.47. The number of nitrogens with zero attached hydrogens (tertiary/aromatic N) is 1. The molecular formula is C12H24N2. The van der Waals surface area contributed by atoms with Crippen LogP contribution in [-0.4, -0.2) is 30.1 Å². The topological polar surface area (TPSA) is 29.3 Å². The van der Waals surface area contributed by atoms with Crippen LogP contribution in [0.15, 0.2) is 0 Å². The Morgan fingerprint density at radius 2 is 1.36 bits per heavy atom. The van der Waals surface area contributed by atoms with Crippen LogP contribution in [0.25, 0.3) is 0 Å². The van der Waals surface area contributed by atoms with Gasteiger partial charge in [0.05, 0.1) is 0 Å². The van der Waals surface area contributed by atoms with Crippen molar-refractivity contribution in [1.29, 1.82) is 0 Å². The van der Waals surface area contributed by atoms with Crippen LogP contribution in [0.5, 0.6) is 0 Å². The Balaban J connectivity index is 1.81. The Morgan fingerprint density at radius 1 is 0.786 bits per heavy atom. The van der Waals surface area contributed by atoms with E-state index in [2.05, 4.69) is 4.90 Å². The number of rotatable bonds is 1. The molecule has 2 heteroatoms. The van der Waals surface area contributed by atoms with Crippen molar-refractivity contribution in [3.05, 3.63) is 0 Å². The largest absolute Gasteiger partial charge is 0.328 e. The van der Waals surface area contributed by atoms with Gasteiger partial charge in [-0.05, 0) is 51.6 Å². The highest BCUT2D eigenvalue weighted by atomic mass is 15.2. The summed E-state index contributed by atoms with van der Waals surface area (Å²) >= 11 is 0. The Bertz CT molecular complexity index is 154. The monoisotopic (exact) mass is 196 g/mol. The van der Waals surface area contributed by atoms with Crippen molar-refractivity contribution < 1.29 is 0 Å². The molecule has 1 heterocycles. The number of nitrogens with two attached hydrogens (primary N) is 1. The minimum absolute atomic E-state index is 0.498. The summed E-state index contributed by atoms with van der Waals surface area (Å²) in [4.78, 5) is 2.74. The summed E-state index contributed by atoms with van der Waals surface area (Å²) in [5.74, 6) is 0. The highest BCUT2D eigenvalue weighted by molar-refractivity contribution is 4.81. The normalized spacial score (nSPS) is 36.6. The molecule has 1 aliphatic heterocycles. The van der Waals surface area contributed by atoms with Gasteiger partial charge in [-0.2, -0.15) is 0 Å². The first-order chi connectivity index (χ1) is 6.86. The summed E-state index contributed by atoms with van der Waals surface area (Å²) in [7, 11) is 0. The minimum atomic E-state index is 0.498. The molecule has 0 aromatic rings. The van der Waals surface area contributed by atoms with Gasteiger partial charge in [-0.15, -0.1) is 0 Å². The third-order valence-electron chi connectivity index (χ3n) is 3.90. The fraction of sp³-hybridized carbons (Fsp3) is 1.00. The van der Waals surface area contributed by atoms with E-state index in [1.165, 1.54) is 64.5 Å². The number of likely N-dealkylation sites (tertiary alicyclic amines) is 1. The molecule has 0 amide bonds. The molecule has 2 nitrogen and oxygen atoms in total. The van der Waals surface area contributed by atoms with Crippen molar-refractivity contribution >= 4 is 0 Å². The van der Waals surface area contributed by atoms with Crippen molar-refractivity contribution in [3.8, 4) is 0 Å². The summed E-state index contributed by atoms with van der Waals surface area (Å²) < 4.78 is 0. The van der Waals surface area contributed by atoms with Gasteiger partial charge in [0, 0.05) is 12.1 Å². The van der Waals surface area contributed by atoms with E-state index in [0.717, 1.165) is 6.04 Å². The molecule has 82 valence electrons. The quantitative estimate of drug-likeness (QED) is 0.696. The molecule has 2 rings (SSSR count). The molecular weight excluding hydrogens is 172 g/mol. The van der Waals surface area contributed by atoms with Gasteiger partial charge in [-0.25, -0.2) is 0 Å². The van der Waals surface area contributed by atoms with Crippen LogP contribution >= 0.6 is 0 Å². The van der Waals surface area contributed by atoms with E-state index in [1.54, 1.807) is 0 Å². The second-order valence-electron chi connectivity index (χ2n) is 5.02. The molecule has 0 radical (unpaired) electrons. The van der Waals surface area contributed by atoms with E-state index in [0.29, 0.717) is 6.04 Å². The summed E-state index contributed by atoms with van der Waals surface area (Å²) in [6, 6.07) is 1.37. The molecule has 2 aliphatic rings. The van der Waals surface area contributed by atoms with E-state index < -0.39 is 0 Å². The third-order valence-corrected chi connectivity index (χ3v) is 3.90. The van der Waals surface area contributed by atoms with Crippen molar-refractivity contribution in [1.82, 2.24) is 4.90 Å². The highest BCUT2D eigenvalue weighted by Gasteiger charge is 2.24. The summed E-state index contributed by atoms with van der Waals surface area (Å²) in [5.41, 5.74) is 5.94. The zero-order valence-corrected chi connectivity index (χ0v) is 9.25. The maximum atomic E-state index is 5.94. The first-order valence-corrected chi connectivity index (χ1v) is 6.36. The Kier molecular flexibility index (Phi) is 3.82. The second-order valence-corrected chi connectivity index (χ2v) is 5.02. The maximum Gasteiger partial charge on any atom is 0.00964 e. The van der Waals surface area contributed by atoms with Gasteiger partial charge in [0.2, 0.25) is 0 Å². The molecule has 2 fully saturated rings. The van der Waals surface area contributed by atoms with Crippen LogP contribution in [0.3, 0.4) is 0 Å². The molecule has 0 aromatic heterocycles. The molecule has 0 bridgehead atoms. The van der Waals surface area contributed by atoms with E-state index in [-0.39, 0.29) is 0 Å². The van der Waals surface area contributed by atoms with Crippen molar-refractivity contribution in [2.45, 2.75) is 63.5 Å². The highest BCUT2D eigenvalue weighted by Crippen LogP contribution is 2.24. The lowest BCUT2D eigenvalue weighted by Crippen LogP contribution is -2.41. The second kappa shape index (κ2) is 5.13. The summed E-state index contributed by atoms with van der Waals surface area (Å²) in [6.07, 6.45) is 10.9. The van der Waals surface area contributed by atoms with Gasteiger partial charge in [0.1, 0.15) is 0 Å². The Labute approximate surface area is 87.8 Å². The zero-order chi connectivity index (χ0) is 9.80. The van der Waals surface area contributed by atoms with E-state index in [9.17, 15) is 0 Å². The predicted molar refractivity (Wildman–Crippen MR) is 60.3 cm³/mol. The molecule has 1 aliphatic carbocycles. The lowest BCUT2D eigenvalue weighted by molar-refractivity contribution is 0.155. The standard InChI is InChI=1S/C12H24N2/c13-11-5-7-12(8-6-11)14-9-3-1-2-4-10-14/h11-12H,1-10,13H2. The summed E-state index contributed by atoms with van der Waals surface area (Å²) in [5, 5.41) is 0. The van der Waals surface area contributed by atoms with Crippen LogP contribution in [0.2, 0.25) is 0 Å². The van der Waals surface area contributed by atoms with Gasteiger partial charge in [-0.1, -0.05) is 12.8 Å². The molecule has 1 saturated carbocycles. The molecule has 0 atom stereocenters. The SMILES string of the molecule is NC1CCC(N2CCCCCC2)CC1. The molecule has 1 saturated heterocycles. The smallest absolute Gasteiger partial charge is 0.00964 e. The maximum absolute atomic E-state index is 5.94. The summed E-state index contributed by atoms with van der Waals surface area (Å²) in [6.45, 7) is 2.69. The molecule has 2 N–H and O–H groups in total. The molecule has 14 heavy (non-hydrogen) atoms. The van der Waals surface area contributed by atoms with Crippen LogP contribution in [0.4, 0.5) is 0 Å². The Hall–Kier alpha value is -0.0800. The minimum Gasteiger partial charge on any atom is -0.328 e. The van der Waals surface area contributed by atoms with Gasteiger partial charge < -0.3 is 10.6 Å². The fourth-order valence-electron chi connectivity index (χ4n) is 2.93. The van der Waals surface area contributed by atoms with Crippen LogP contribution < -0.4 is 5.73 Å². The fourth-order valence-corrected chi connectivity index (χ4v) is 2.93. The molecule has 0 aromatic carbocycles. The van der Waals surface area contributed by atoms with Gasteiger partial charge in [0.25, 0.3) is 0 Å². The van der Waals surface area contributed by atoms with Gasteiger partial charge in [0.15, 0.2) is 0 Å². The molecule has 0 unspecified atom stereocenters. The first kappa shape index (κ1) is 10.4. The predicted octanol–water partition coefficient (Wildman–Crippen LogP) is 2.13. The van der Waals surface area contributed by atoms with E-state index in [1.807, 2.05) is 0 Å². The molecule has 0 spiro atoms. The van der Waals surface area contributed by atoms with Crippen LogP contribution in [-0.2, 0) is 0 Å². The van der Waals surface area contributed by atoms with E-state index in [4.69, 9.17) is 5.73 Å². The number of hydrogen-bond donors (Lipinski definition) is 1. The van der Waals surface area contributed by atoms with Crippen molar-refractivity contribution in [3.63, 3.8) is 0 Å². The van der Waals surface area contributed by atoms with Crippen LogP contribution in [0, 0.1) is 0 Å².